The van der Waals surface area contributed by atoms with Crippen molar-refractivity contribution in [2.45, 2.75) is 33.4 Å². The smallest absolute Gasteiger partial charge is 0.264 e. The summed E-state index contributed by atoms with van der Waals surface area (Å²) in [7, 11) is -3.45. The van der Waals surface area contributed by atoms with Gasteiger partial charge in [-0.05, 0) is 30.5 Å². The van der Waals surface area contributed by atoms with Crippen LogP contribution in [-0.4, -0.2) is 19.2 Å². The third-order valence-corrected chi connectivity index (χ3v) is 4.19. The molecule has 1 heterocycles. The molecule has 0 aliphatic heterocycles. The van der Waals surface area contributed by atoms with Gasteiger partial charge in [0.2, 0.25) is 0 Å². The molecule has 0 N–H and O–H groups in total. The van der Waals surface area contributed by atoms with Crippen molar-refractivity contribution in [1.82, 2.24) is 4.57 Å². The van der Waals surface area contributed by atoms with Gasteiger partial charge in [-0.2, -0.15) is 13.7 Å². The summed E-state index contributed by atoms with van der Waals surface area (Å²) in [5, 5.41) is 9.39. The first-order chi connectivity index (χ1) is 10.9. The minimum atomic E-state index is -3.45. The first-order valence-electron chi connectivity index (χ1n) is 7.45. The zero-order chi connectivity index (χ0) is 17.0. The predicted octanol–water partition coefficient (Wildman–Crippen LogP) is 3.09. The monoisotopic (exact) mass is 332 g/mol. The van der Waals surface area contributed by atoms with Gasteiger partial charge in [-0.3, -0.25) is 4.18 Å². The van der Waals surface area contributed by atoms with Crippen LogP contribution in [0.25, 0.3) is 11.3 Å². The minimum Gasteiger partial charge on any atom is -0.344 e. The Labute approximate surface area is 137 Å². The Morgan fingerprint density at radius 1 is 1.22 bits per heavy atom. The van der Waals surface area contributed by atoms with Gasteiger partial charge in [-0.15, -0.1) is 0 Å². The number of rotatable bonds is 6. The second-order valence-corrected chi connectivity index (χ2v) is 6.91. The average Bonchev–Trinajstić information content (AvgIpc) is 2.90. The summed E-state index contributed by atoms with van der Waals surface area (Å²) in [4.78, 5) is 0. The highest BCUT2D eigenvalue weighted by atomic mass is 32.2. The Hall–Kier alpha value is -2.10. The Morgan fingerprint density at radius 3 is 2.35 bits per heavy atom. The molecule has 0 saturated carbocycles. The zero-order valence-electron chi connectivity index (χ0n) is 13.5. The summed E-state index contributed by atoms with van der Waals surface area (Å²) in [5.74, 6) is 0. The lowest BCUT2D eigenvalue weighted by atomic mass is 10.1. The van der Waals surface area contributed by atoms with Crippen LogP contribution in [0.5, 0.6) is 0 Å². The van der Waals surface area contributed by atoms with E-state index in [1.165, 1.54) is 0 Å². The summed E-state index contributed by atoms with van der Waals surface area (Å²) < 4.78 is 29.0. The van der Waals surface area contributed by atoms with Crippen LogP contribution in [0.15, 0.2) is 30.3 Å². The van der Waals surface area contributed by atoms with E-state index >= 15 is 0 Å². The lowest BCUT2D eigenvalue weighted by molar-refractivity contribution is 0.311. The first-order valence-corrected chi connectivity index (χ1v) is 9.27. The molecule has 5 nitrogen and oxygen atoms in total. The summed E-state index contributed by atoms with van der Waals surface area (Å²) >= 11 is 0. The SMILES string of the molecule is CCc1cc(C#N)c(-c2ccc(COS(C)(=O)=O)cc2)n1CC. The van der Waals surface area contributed by atoms with Crippen LogP contribution in [0, 0.1) is 11.3 Å². The van der Waals surface area contributed by atoms with E-state index in [9.17, 15) is 13.7 Å². The third kappa shape index (κ3) is 4.01. The standard InChI is InChI=1S/C17H20N2O3S/c1-4-16-10-15(11-18)17(19(16)5-2)14-8-6-13(7-9-14)12-22-23(3,20)21/h6-10H,4-5,12H2,1-3H3. The van der Waals surface area contributed by atoms with Crippen molar-refractivity contribution >= 4 is 10.1 Å². The fourth-order valence-corrected chi connectivity index (χ4v) is 2.94. The summed E-state index contributed by atoms with van der Waals surface area (Å²) in [6.07, 6.45) is 1.89. The predicted molar refractivity (Wildman–Crippen MR) is 89.3 cm³/mol. The maximum absolute atomic E-state index is 11.0. The molecule has 23 heavy (non-hydrogen) atoms. The van der Waals surface area contributed by atoms with E-state index in [0.717, 1.165) is 41.7 Å². The molecule has 6 heteroatoms. The molecule has 0 saturated heterocycles. The van der Waals surface area contributed by atoms with Gasteiger partial charge in [0, 0.05) is 12.2 Å². The van der Waals surface area contributed by atoms with Crippen LogP contribution >= 0.6 is 0 Å². The first kappa shape index (κ1) is 17.3. The molecule has 0 amide bonds. The summed E-state index contributed by atoms with van der Waals surface area (Å²) in [5.41, 5.74) is 4.39. The average molecular weight is 332 g/mol. The lowest BCUT2D eigenvalue weighted by Gasteiger charge is -2.11. The molecular weight excluding hydrogens is 312 g/mol. The maximum atomic E-state index is 11.0. The molecular formula is C17H20N2O3S. The van der Waals surface area contributed by atoms with Gasteiger partial charge >= 0.3 is 0 Å². The molecule has 122 valence electrons. The second kappa shape index (κ2) is 6.99. The van der Waals surface area contributed by atoms with E-state index in [-0.39, 0.29) is 6.61 Å². The largest absolute Gasteiger partial charge is 0.344 e. The lowest BCUT2D eigenvalue weighted by Crippen LogP contribution is -2.03. The number of nitriles is 1. The van der Waals surface area contributed by atoms with Crippen molar-refractivity contribution in [3.63, 3.8) is 0 Å². The van der Waals surface area contributed by atoms with Crippen LogP contribution < -0.4 is 0 Å². The number of aryl methyl sites for hydroxylation is 1. The molecule has 0 spiro atoms. The van der Waals surface area contributed by atoms with Gasteiger partial charge in [0.1, 0.15) is 6.07 Å². The molecule has 1 aromatic heterocycles. The molecule has 2 aromatic rings. The number of benzene rings is 1. The van der Waals surface area contributed by atoms with Crippen LogP contribution in [0.3, 0.4) is 0 Å². The van der Waals surface area contributed by atoms with Gasteiger partial charge in [0.05, 0.1) is 24.1 Å². The fraction of sp³-hybridized carbons (Fsp3) is 0.353. The summed E-state index contributed by atoms with van der Waals surface area (Å²) in [6, 6.07) is 11.6. The Kier molecular flexibility index (Phi) is 5.24. The van der Waals surface area contributed by atoms with Gasteiger partial charge in [0.15, 0.2) is 0 Å². The highest BCUT2D eigenvalue weighted by Gasteiger charge is 2.15. The van der Waals surface area contributed by atoms with Crippen molar-refractivity contribution in [3.05, 3.63) is 47.2 Å². The fourth-order valence-electron chi connectivity index (χ4n) is 2.59. The van der Waals surface area contributed by atoms with Crippen molar-refractivity contribution in [3.8, 4) is 17.3 Å². The van der Waals surface area contributed by atoms with Crippen LogP contribution in [-0.2, 0) is 33.9 Å². The van der Waals surface area contributed by atoms with Crippen molar-refractivity contribution in [2.24, 2.45) is 0 Å². The molecule has 1 aromatic carbocycles. The number of nitrogens with zero attached hydrogens (tertiary/aromatic N) is 2. The number of hydrogen-bond donors (Lipinski definition) is 0. The topological polar surface area (TPSA) is 72.1 Å². The molecule has 2 rings (SSSR count). The number of aromatic nitrogens is 1. The molecule has 0 fully saturated rings. The van der Waals surface area contributed by atoms with E-state index in [1.54, 1.807) is 0 Å². The van der Waals surface area contributed by atoms with Crippen LogP contribution in [0.4, 0.5) is 0 Å². The molecule has 0 aliphatic rings. The van der Waals surface area contributed by atoms with Crippen LogP contribution in [0.2, 0.25) is 0 Å². The Morgan fingerprint density at radius 2 is 1.87 bits per heavy atom. The molecule has 0 unspecified atom stereocenters. The molecule has 0 radical (unpaired) electrons. The van der Waals surface area contributed by atoms with Gasteiger partial charge < -0.3 is 4.57 Å². The highest BCUT2D eigenvalue weighted by Crippen LogP contribution is 2.28. The third-order valence-electron chi connectivity index (χ3n) is 3.65. The second-order valence-electron chi connectivity index (χ2n) is 5.27. The minimum absolute atomic E-state index is 0.0131. The normalized spacial score (nSPS) is 11.4. The molecule has 0 bridgehead atoms. The summed E-state index contributed by atoms with van der Waals surface area (Å²) in [6.45, 7) is 4.93. The van der Waals surface area contributed by atoms with Crippen molar-refractivity contribution in [2.75, 3.05) is 6.26 Å². The van der Waals surface area contributed by atoms with E-state index in [1.807, 2.05) is 30.3 Å². The zero-order valence-corrected chi connectivity index (χ0v) is 14.4. The Bertz CT molecular complexity index is 828. The van der Waals surface area contributed by atoms with Gasteiger partial charge in [-0.25, -0.2) is 0 Å². The molecule has 0 aliphatic carbocycles. The van der Waals surface area contributed by atoms with Crippen LogP contribution in [0.1, 0.15) is 30.7 Å². The molecule has 0 atom stereocenters. The maximum Gasteiger partial charge on any atom is 0.264 e. The van der Waals surface area contributed by atoms with Gasteiger partial charge in [0.25, 0.3) is 10.1 Å². The number of hydrogen-bond acceptors (Lipinski definition) is 4. The van der Waals surface area contributed by atoms with Crippen molar-refractivity contribution in [1.29, 1.82) is 5.26 Å². The van der Waals surface area contributed by atoms with E-state index < -0.39 is 10.1 Å². The van der Waals surface area contributed by atoms with E-state index in [2.05, 4.69) is 24.5 Å². The van der Waals surface area contributed by atoms with Gasteiger partial charge in [-0.1, -0.05) is 31.2 Å². The van der Waals surface area contributed by atoms with Crippen molar-refractivity contribution < 1.29 is 12.6 Å². The Balaban J connectivity index is 2.36. The van der Waals surface area contributed by atoms with E-state index in [4.69, 9.17) is 4.18 Å². The highest BCUT2D eigenvalue weighted by molar-refractivity contribution is 7.85. The quantitative estimate of drug-likeness (QED) is 0.762. The van der Waals surface area contributed by atoms with E-state index in [0.29, 0.717) is 5.56 Å².